The van der Waals surface area contributed by atoms with Crippen molar-refractivity contribution < 1.29 is 19.1 Å². The molecule has 5 nitrogen and oxygen atoms in total. The lowest BCUT2D eigenvalue weighted by atomic mass is 10.1. The number of hydrogen-bond acceptors (Lipinski definition) is 4. The Bertz CT molecular complexity index is 674. The molecule has 0 radical (unpaired) electrons. The summed E-state index contributed by atoms with van der Waals surface area (Å²) >= 11 is 0. The van der Waals surface area contributed by atoms with Crippen LogP contribution in [0, 0.1) is 0 Å². The predicted octanol–water partition coefficient (Wildman–Crippen LogP) is 3.45. The maximum Gasteiger partial charge on any atom is 0.315 e. The number of rotatable bonds is 9. The summed E-state index contributed by atoms with van der Waals surface area (Å²) in [6.07, 6.45) is 4.65. The molecule has 0 aromatic heterocycles. The smallest absolute Gasteiger partial charge is 0.315 e. The van der Waals surface area contributed by atoms with E-state index in [2.05, 4.69) is 18.5 Å². The van der Waals surface area contributed by atoms with Crippen molar-refractivity contribution in [3.05, 3.63) is 66.8 Å². The van der Waals surface area contributed by atoms with E-state index in [4.69, 9.17) is 4.74 Å². The second kappa shape index (κ2) is 9.94. The van der Waals surface area contributed by atoms with Crippen LogP contribution >= 0.6 is 0 Å². The van der Waals surface area contributed by atoms with E-state index in [1.165, 1.54) is 0 Å². The molecular formula is C19H21NO4. The van der Waals surface area contributed by atoms with Gasteiger partial charge in [-0.2, -0.15) is 0 Å². The quantitative estimate of drug-likeness (QED) is 0.326. The number of hydrogen-bond donors (Lipinski definition) is 1. The minimum absolute atomic E-state index is 0.0204. The Morgan fingerprint density at radius 2 is 1.92 bits per heavy atom. The lowest BCUT2D eigenvalue weighted by Crippen LogP contribution is -2.20. The first-order valence-electron chi connectivity index (χ1n) is 7.53. The van der Waals surface area contributed by atoms with E-state index in [0.29, 0.717) is 23.2 Å². The number of carbonyl (C=O) groups is 3. The van der Waals surface area contributed by atoms with E-state index in [1.807, 2.05) is 0 Å². The van der Waals surface area contributed by atoms with E-state index >= 15 is 0 Å². The van der Waals surface area contributed by atoms with E-state index < -0.39 is 18.3 Å². The summed E-state index contributed by atoms with van der Waals surface area (Å²) in [6.45, 7) is 8.90. The molecule has 0 bridgehead atoms. The molecule has 0 unspecified atom stereocenters. The van der Waals surface area contributed by atoms with Gasteiger partial charge in [0.25, 0.3) is 0 Å². The summed E-state index contributed by atoms with van der Waals surface area (Å²) in [5, 5.41) is 2.57. The Balaban J connectivity index is 2.62. The number of esters is 1. The lowest BCUT2D eigenvalue weighted by molar-refractivity contribution is -0.144. The van der Waals surface area contributed by atoms with Crippen LogP contribution in [0.1, 0.15) is 30.1 Å². The number of allylic oxidation sites excluding steroid dienone is 2. The molecule has 0 saturated carbocycles. The summed E-state index contributed by atoms with van der Waals surface area (Å²) in [6, 6.07) is 6.68. The molecule has 5 heteroatoms. The summed E-state index contributed by atoms with van der Waals surface area (Å²) in [7, 11) is 0. The molecule has 0 aliphatic heterocycles. The molecule has 1 aromatic carbocycles. The fourth-order valence-corrected chi connectivity index (χ4v) is 1.89. The van der Waals surface area contributed by atoms with Crippen molar-refractivity contribution >= 4 is 23.3 Å². The van der Waals surface area contributed by atoms with Crippen molar-refractivity contribution in [2.75, 3.05) is 11.9 Å². The average molecular weight is 327 g/mol. The summed E-state index contributed by atoms with van der Waals surface area (Å²) in [4.78, 5) is 35.5. The molecule has 0 aliphatic carbocycles. The number of anilines is 1. The van der Waals surface area contributed by atoms with Crippen LogP contribution in [0.3, 0.4) is 0 Å². The second-order valence-corrected chi connectivity index (χ2v) is 4.89. The molecule has 1 rings (SSSR count). The highest BCUT2D eigenvalue weighted by molar-refractivity contribution is 6.07. The molecule has 0 atom stereocenters. The second-order valence-electron chi connectivity index (χ2n) is 4.89. The van der Waals surface area contributed by atoms with Gasteiger partial charge < -0.3 is 10.1 Å². The molecule has 0 fully saturated rings. The number of Topliss-reactive ketones (excluding diaryl/α,β-unsaturated/α-hetero) is 1. The summed E-state index contributed by atoms with van der Waals surface area (Å²) < 4.78 is 5.00. The van der Waals surface area contributed by atoms with Gasteiger partial charge in [-0.05, 0) is 17.7 Å². The van der Waals surface area contributed by atoms with Crippen LogP contribution in [0.4, 0.5) is 5.69 Å². The van der Waals surface area contributed by atoms with Gasteiger partial charge in [-0.25, -0.2) is 0 Å². The van der Waals surface area contributed by atoms with Gasteiger partial charge in [0.15, 0.2) is 5.78 Å². The van der Waals surface area contributed by atoms with Crippen LogP contribution in [-0.4, -0.2) is 24.3 Å². The third-order valence-corrected chi connectivity index (χ3v) is 3.12. The van der Waals surface area contributed by atoms with Crippen molar-refractivity contribution in [1.29, 1.82) is 0 Å². The topological polar surface area (TPSA) is 72.5 Å². The van der Waals surface area contributed by atoms with Crippen LogP contribution in [0.2, 0.25) is 0 Å². The van der Waals surface area contributed by atoms with Gasteiger partial charge in [0.2, 0.25) is 5.91 Å². The molecule has 24 heavy (non-hydrogen) atoms. The molecule has 1 amide bonds. The van der Waals surface area contributed by atoms with E-state index in [9.17, 15) is 14.4 Å². The normalized spacial score (nSPS) is 10.6. The molecule has 0 heterocycles. The number of benzene rings is 1. The Kier molecular flexibility index (Phi) is 7.91. The van der Waals surface area contributed by atoms with Crippen molar-refractivity contribution in [1.82, 2.24) is 0 Å². The van der Waals surface area contributed by atoms with E-state index in [-0.39, 0.29) is 12.4 Å². The Morgan fingerprint density at radius 1 is 1.21 bits per heavy atom. The Hall–Kier alpha value is -2.95. The molecule has 0 spiro atoms. The zero-order chi connectivity index (χ0) is 17.9. The molecular weight excluding hydrogens is 306 g/mol. The van der Waals surface area contributed by atoms with Gasteiger partial charge in [0.05, 0.1) is 5.69 Å². The standard InChI is InChI=1S/C19H21NO4/c1-4-9-14(5-2)13-24-19(23)12-18(22)20-16-11-8-7-10-15(16)17(21)6-3/h4-5,7-11H,1-2,6,12-13H2,3H3,(H,20,22)/b14-9+. The van der Waals surface area contributed by atoms with Crippen LogP contribution in [0.5, 0.6) is 0 Å². The van der Waals surface area contributed by atoms with E-state index in [0.717, 1.165) is 0 Å². The van der Waals surface area contributed by atoms with Gasteiger partial charge in [-0.3, -0.25) is 14.4 Å². The fourth-order valence-electron chi connectivity index (χ4n) is 1.89. The number of carbonyl (C=O) groups excluding carboxylic acids is 3. The highest BCUT2D eigenvalue weighted by atomic mass is 16.5. The SMILES string of the molecule is C=C/C=C(\C=C)COC(=O)CC(=O)Nc1ccccc1C(=O)CC. The maximum absolute atomic E-state index is 12.0. The zero-order valence-electron chi connectivity index (χ0n) is 13.7. The van der Waals surface area contributed by atoms with Gasteiger partial charge in [0.1, 0.15) is 13.0 Å². The summed E-state index contributed by atoms with van der Waals surface area (Å²) in [5.41, 5.74) is 1.49. The predicted molar refractivity (Wildman–Crippen MR) is 93.7 cm³/mol. The van der Waals surface area contributed by atoms with Crippen LogP contribution in [0.15, 0.2) is 61.2 Å². The molecule has 126 valence electrons. The largest absolute Gasteiger partial charge is 0.460 e. The molecule has 1 N–H and O–H groups in total. The number of ether oxygens (including phenoxy) is 1. The van der Waals surface area contributed by atoms with Crippen LogP contribution in [-0.2, 0) is 14.3 Å². The fraction of sp³-hybridized carbons (Fsp3) is 0.211. The van der Waals surface area contributed by atoms with Gasteiger partial charge in [-0.1, -0.05) is 50.4 Å². The Labute approximate surface area is 141 Å². The third-order valence-electron chi connectivity index (χ3n) is 3.12. The van der Waals surface area contributed by atoms with Gasteiger partial charge in [0, 0.05) is 12.0 Å². The zero-order valence-corrected chi connectivity index (χ0v) is 13.7. The van der Waals surface area contributed by atoms with Crippen LogP contribution in [0.25, 0.3) is 0 Å². The van der Waals surface area contributed by atoms with Crippen LogP contribution < -0.4 is 5.32 Å². The first kappa shape index (κ1) is 19.1. The number of amides is 1. The summed E-state index contributed by atoms with van der Waals surface area (Å²) in [5.74, 6) is -1.29. The maximum atomic E-state index is 12.0. The van der Waals surface area contributed by atoms with E-state index in [1.54, 1.807) is 49.4 Å². The van der Waals surface area contributed by atoms with Gasteiger partial charge >= 0.3 is 5.97 Å². The monoisotopic (exact) mass is 327 g/mol. The Morgan fingerprint density at radius 3 is 2.54 bits per heavy atom. The first-order chi connectivity index (χ1) is 11.5. The van der Waals surface area contributed by atoms with Crippen molar-refractivity contribution in [2.45, 2.75) is 19.8 Å². The first-order valence-corrected chi connectivity index (χ1v) is 7.53. The minimum Gasteiger partial charge on any atom is -0.460 e. The molecule has 0 saturated heterocycles. The number of para-hydroxylation sites is 1. The number of nitrogens with one attached hydrogen (secondary N) is 1. The average Bonchev–Trinajstić information content (AvgIpc) is 2.58. The van der Waals surface area contributed by atoms with Crippen molar-refractivity contribution in [3.8, 4) is 0 Å². The van der Waals surface area contributed by atoms with Crippen molar-refractivity contribution in [2.24, 2.45) is 0 Å². The highest BCUT2D eigenvalue weighted by Crippen LogP contribution is 2.17. The van der Waals surface area contributed by atoms with Gasteiger partial charge in [-0.15, -0.1) is 0 Å². The molecule has 1 aromatic rings. The van der Waals surface area contributed by atoms with Crippen molar-refractivity contribution in [3.63, 3.8) is 0 Å². The third kappa shape index (κ3) is 6.04. The highest BCUT2D eigenvalue weighted by Gasteiger charge is 2.15. The minimum atomic E-state index is -0.663. The molecule has 0 aliphatic rings. The number of ketones is 1. The lowest BCUT2D eigenvalue weighted by Gasteiger charge is -2.10.